The summed E-state index contributed by atoms with van der Waals surface area (Å²) in [7, 11) is -1.90. The second-order valence-corrected chi connectivity index (χ2v) is 14.9. The molecule has 3 aliphatic carbocycles. The summed E-state index contributed by atoms with van der Waals surface area (Å²) in [5.41, 5.74) is 2.93. The van der Waals surface area contributed by atoms with E-state index in [1.807, 2.05) is 24.3 Å². The van der Waals surface area contributed by atoms with Crippen LogP contribution in [0.25, 0.3) is 11.1 Å². The molecule has 8 atom stereocenters. The van der Waals surface area contributed by atoms with E-state index in [9.17, 15) is 23.4 Å². The molecule has 0 unspecified atom stereocenters. The van der Waals surface area contributed by atoms with E-state index in [-0.39, 0.29) is 30.5 Å². The molecule has 3 saturated carbocycles. The SMILES string of the molecule is COc1c(CN2O[C@@H](CO)[C@H]([C@H](C)O)[C@H]2C(=O)N[C@H]2C[C@H]3C[C@@H]([C@@H]2C)C3(C)C)cccc1-c1cccc(NS(C)(=O)=O)c1. The largest absolute Gasteiger partial charge is 0.496 e. The van der Waals surface area contributed by atoms with Crippen molar-refractivity contribution in [3.8, 4) is 16.9 Å². The van der Waals surface area contributed by atoms with Gasteiger partial charge >= 0.3 is 0 Å². The predicted octanol–water partition coefficient (Wildman–Crippen LogP) is 3.39. The minimum absolute atomic E-state index is 0.0413. The Bertz CT molecular complexity index is 1450. The third-order valence-corrected chi connectivity index (χ3v) is 10.8. The summed E-state index contributed by atoms with van der Waals surface area (Å²) in [6.07, 6.45) is 1.58. The molecule has 1 saturated heterocycles. The Balaban J connectivity index is 1.42. The number of hydrogen-bond acceptors (Lipinski definition) is 8. The van der Waals surface area contributed by atoms with Gasteiger partial charge in [-0.1, -0.05) is 51.1 Å². The summed E-state index contributed by atoms with van der Waals surface area (Å²) < 4.78 is 32.0. The van der Waals surface area contributed by atoms with Crippen molar-refractivity contribution in [2.75, 3.05) is 24.7 Å². The number of amides is 1. The molecule has 0 spiro atoms. The van der Waals surface area contributed by atoms with E-state index in [1.165, 1.54) is 6.42 Å². The molecule has 0 aromatic heterocycles. The number of carbonyl (C=O) groups is 1. The van der Waals surface area contributed by atoms with Crippen molar-refractivity contribution >= 4 is 21.6 Å². The van der Waals surface area contributed by atoms with Gasteiger partial charge in [0.25, 0.3) is 0 Å². The zero-order valence-electron chi connectivity index (χ0n) is 25.8. The van der Waals surface area contributed by atoms with Crippen molar-refractivity contribution in [1.82, 2.24) is 10.4 Å². The highest BCUT2D eigenvalue weighted by Crippen LogP contribution is 2.61. The highest BCUT2D eigenvalue weighted by molar-refractivity contribution is 7.92. The number of ether oxygens (including phenoxy) is 1. The van der Waals surface area contributed by atoms with Gasteiger partial charge in [0.1, 0.15) is 17.9 Å². The number of sulfonamides is 1. The fourth-order valence-electron chi connectivity index (χ4n) is 7.79. The molecule has 0 radical (unpaired) electrons. The second-order valence-electron chi connectivity index (χ2n) is 13.2. The van der Waals surface area contributed by atoms with Crippen molar-refractivity contribution in [3.63, 3.8) is 0 Å². The predicted molar refractivity (Wildman–Crippen MR) is 164 cm³/mol. The first-order chi connectivity index (χ1) is 20.2. The van der Waals surface area contributed by atoms with Gasteiger partial charge in [-0.15, -0.1) is 0 Å². The molecular formula is C32H45N3O7S. The van der Waals surface area contributed by atoms with Crippen molar-refractivity contribution < 1.29 is 33.0 Å². The number of aliphatic hydroxyl groups excluding tert-OH is 2. The Morgan fingerprint density at radius 1 is 1.21 bits per heavy atom. The molecule has 4 N–H and O–H groups in total. The molecule has 1 heterocycles. The lowest BCUT2D eigenvalue weighted by atomic mass is 9.45. The molecule has 2 aromatic carbocycles. The number of hydroxylamine groups is 2. The minimum atomic E-state index is -3.45. The molecule has 236 valence electrons. The van der Waals surface area contributed by atoms with Gasteiger partial charge in [0.2, 0.25) is 15.9 Å². The molecule has 2 aromatic rings. The smallest absolute Gasteiger partial charge is 0.240 e. The fraction of sp³-hybridized carbons (Fsp3) is 0.594. The van der Waals surface area contributed by atoms with Crippen molar-refractivity contribution in [2.45, 2.75) is 71.4 Å². The number of rotatable bonds is 10. The van der Waals surface area contributed by atoms with Crippen LogP contribution in [0.2, 0.25) is 0 Å². The number of aliphatic hydroxyl groups is 2. The summed E-state index contributed by atoms with van der Waals surface area (Å²) in [4.78, 5) is 20.2. The van der Waals surface area contributed by atoms with Crippen LogP contribution in [0.5, 0.6) is 5.75 Å². The van der Waals surface area contributed by atoms with E-state index in [4.69, 9.17) is 9.57 Å². The highest BCUT2D eigenvalue weighted by atomic mass is 32.2. The first-order valence-corrected chi connectivity index (χ1v) is 16.9. The van der Waals surface area contributed by atoms with Gasteiger partial charge in [-0.3, -0.25) is 14.4 Å². The normalized spacial score (nSPS) is 30.7. The summed E-state index contributed by atoms with van der Waals surface area (Å²) in [6, 6.07) is 11.9. The monoisotopic (exact) mass is 615 g/mol. The minimum Gasteiger partial charge on any atom is -0.496 e. The third kappa shape index (κ3) is 6.15. The number of para-hydroxylation sites is 1. The van der Waals surface area contributed by atoms with Crippen molar-refractivity contribution in [1.29, 1.82) is 0 Å². The standard InChI is InChI=1S/C32H45N3O7S/c1-18-25-14-22(32(25,3)4)15-26(18)33-31(38)29-28(19(2)37)27(17-36)42-35(29)16-21-10-8-12-24(30(21)41-5)20-9-7-11-23(13-20)34-43(6,39)40/h7-13,18-19,22,25-29,34,36-37H,14-17H2,1-6H3,(H,33,38)/t18-,19-,22+,25-,26-,27-,28-,29-/m0/s1. The number of fused-ring (bicyclic) bond motifs is 2. The van der Waals surface area contributed by atoms with Gasteiger partial charge in [-0.05, 0) is 60.6 Å². The average molecular weight is 616 g/mol. The number of nitrogens with one attached hydrogen (secondary N) is 2. The number of benzene rings is 2. The van der Waals surface area contributed by atoms with Crippen LogP contribution in [0.15, 0.2) is 42.5 Å². The van der Waals surface area contributed by atoms with Crippen LogP contribution >= 0.6 is 0 Å². The maximum Gasteiger partial charge on any atom is 0.240 e. The Morgan fingerprint density at radius 3 is 2.53 bits per heavy atom. The third-order valence-electron chi connectivity index (χ3n) is 10.2. The van der Waals surface area contributed by atoms with Crippen LogP contribution in [-0.4, -0.2) is 73.9 Å². The number of anilines is 1. The lowest BCUT2D eigenvalue weighted by molar-refractivity contribution is -0.183. The Kier molecular flexibility index (Phi) is 8.85. The molecule has 6 rings (SSSR count). The zero-order chi connectivity index (χ0) is 31.3. The summed E-state index contributed by atoms with van der Waals surface area (Å²) in [6.45, 7) is 8.31. The van der Waals surface area contributed by atoms with Gasteiger partial charge in [-0.2, -0.15) is 5.06 Å². The van der Waals surface area contributed by atoms with Gasteiger partial charge in [-0.25, -0.2) is 8.42 Å². The van der Waals surface area contributed by atoms with Crippen molar-refractivity contribution in [3.05, 3.63) is 48.0 Å². The molecule has 43 heavy (non-hydrogen) atoms. The van der Waals surface area contributed by atoms with E-state index in [2.05, 4.69) is 30.8 Å². The van der Waals surface area contributed by atoms with E-state index < -0.39 is 34.2 Å². The molecule has 4 aliphatic rings. The zero-order valence-corrected chi connectivity index (χ0v) is 26.6. The maximum atomic E-state index is 14.0. The summed E-state index contributed by atoms with van der Waals surface area (Å²) >= 11 is 0. The number of hydrogen-bond donors (Lipinski definition) is 4. The van der Waals surface area contributed by atoms with E-state index in [0.717, 1.165) is 29.4 Å². The fourth-order valence-corrected chi connectivity index (χ4v) is 8.35. The molecule has 4 fully saturated rings. The summed E-state index contributed by atoms with van der Waals surface area (Å²) in [5.74, 6) is 1.17. The average Bonchev–Trinajstić information content (AvgIpc) is 3.31. The molecule has 1 amide bonds. The quantitative estimate of drug-likeness (QED) is 0.319. The number of nitrogens with zero attached hydrogens (tertiary/aromatic N) is 1. The van der Waals surface area contributed by atoms with Gasteiger partial charge in [0.15, 0.2) is 0 Å². The first kappa shape index (κ1) is 31.7. The van der Waals surface area contributed by atoms with Gasteiger partial charge in [0, 0.05) is 28.8 Å². The van der Waals surface area contributed by atoms with Crippen molar-refractivity contribution in [2.24, 2.45) is 29.1 Å². The molecule has 1 aliphatic heterocycles. The van der Waals surface area contributed by atoms with Gasteiger partial charge in [0.05, 0.1) is 32.6 Å². The topological polar surface area (TPSA) is 137 Å². The molecule has 2 bridgehead atoms. The van der Waals surface area contributed by atoms with Crippen LogP contribution in [-0.2, 0) is 26.2 Å². The van der Waals surface area contributed by atoms with E-state index in [0.29, 0.717) is 29.2 Å². The Labute approximate surface area is 254 Å². The van der Waals surface area contributed by atoms with Crippen LogP contribution in [0.1, 0.15) is 46.1 Å². The van der Waals surface area contributed by atoms with Crippen LogP contribution in [0.4, 0.5) is 5.69 Å². The van der Waals surface area contributed by atoms with E-state index >= 15 is 0 Å². The van der Waals surface area contributed by atoms with Crippen LogP contribution in [0, 0.1) is 29.1 Å². The van der Waals surface area contributed by atoms with E-state index in [1.54, 1.807) is 37.3 Å². The Hall–Kier alpha value is -2.70. The van der Waals surface area contributed by atoms with Gasteiger partial charge < -0.3 is 20.3 Å². The summed E-state index contributed by atoms with van der Waals surface area (Å²) in [5, 5.41) is 25.8. The number of carbonyl (C=O) groups excluding carboxylic acids is 1. The first-order valence-electron chi connectivity index (χ1n) is 15.0. The lowest BCUT2D eigenvalue weighted by Gasteiger charge is -2.62. The van der Waals surface area contributed by atoms with Crippen LogP contribution in [0.3, 0.4) is 0 Å². The molecule has 10 nitrogen and oxygen atoms in total. The second kappa shape index (κ2) is 12.0. The molecular weight excluding hydrogens is 570 g/mol. The maximum absolute atomic E-state index is 14.0. The number of methoxy groups -OCH3 is 1. The lowest BCUT2D eigenvalue weighted by Crippen LogP contribution is -2.62. The Morgan fingerprint density at radius 2 is 1.93 bits per heavy atom. The highest BCUT2D eigenvalue weighted by Gasteiger charge is 2.57. The van der Waals surface area contributed by atoms with Crippen LogP contribution < -0.4 is 14.8 Å². The molecule has 11 heteroatoms.